The van der Waals surface area contributed by atoms with E-state index >= 15 is 0 Å². The molecule has 1 fully saturated rings. The number of oxazole rings is 1. The molecule has 3 aromatic rings. The summed E-state index contributed by atoms with van der Waals surface area (Å²) in [5.41, 5.74) is 4.38. The van der Waals surface area contributed by atoms with Gasteiger partial charge in [0.05, 0.1) is 17.0 Å². The predicted octanol–water partition coefficient (Wildman–Crippen LogP) is 2.57. The normalized spacial score (nSPS) is 17.4. The number of aromatic nitrogens is 2. The van der Waals surface area contributed by atoms with Crippen LogP contribution < -0.4 is 15.1 Å². The van der Waals surface area contributed by atoms with Gasteiger partial charge in [-0.2, -0.15) is 4.57 Å². The highest BCUT2D eigenvalue weighted by Crippen LogP contribution is 2.41. The Morgan fingerprint density at radius 3 is 2.82 bits per heavy atom. The number of rotatable bonds is 7. The third kappa shape index (κ3) is 3.99. The van der Waals surface area contributed by atoms with E-state index in [1.807, 2.05) is 66.1 Å². The Balaban J connectivity index is 1.44. The first-order valence-electron chi connectivity index (χ1n) is 11.8. The van der Waals surface area contributed by atoms with Crippen LogP contribution in [0.4, 0.5) is 0 Å². The average molecular weight is 457 g/mol. The van der Waals surface area contributed by atoms with E-state index in [1.165, 1.54) is 0 Å². The van der Waals surface area contributed by atoms with Gasteiger partial charge in [0.2, 0.25) is 6.20 Å². The van der Waals surface area contributed by atoms with Crippen molar-refractivity contribution in [2.75, 3.05) is 6.54 Å². The molecule has 1 aromatic carbocycles. The van der Waals surface area contributed by atoms with Crippen molar-refractivity contribution in [1.82, 2.24) is 9.88 Å². The number of amides is 1. The quantitative estimate of drug-likeness (QED) is 0.555. The highest BCUT2D eigenvalue weighted by molar-refractivity contribution is 6.00. The van der Waals surface area contributed by atoms with Gasteiger partial charge in [-0.25, -0.2) is 0 Å². The number of benzene rings is 1. The monoisotopic (exact) mass is 456 g/mol. The molecule has 2 aromatic heterocycles. The zero-order chi connectivity index (χ0) is 23.8. The molecule has 1 unspecified atom stereocenters. The summed E-state index contributed by atoms with van der Waals surface area (Å²) < 4.78 is 7.60. The molecule has 1 aliphatic heterocycles. The lowest BCUT2D eigenvalue weighted by Gasteiger charge is -2.19. The minimum Gasteiger partial charge on any atom is -0.406 e. The van der Waals surface area contributed by atoms with Crippen LogP contribution in [0, 0.1) is 5.92 Å². The fourth-order valence-corrected chi connectivity index (χ4v) is 4.82. The van der Waals surface area contributed by atoms with Crippen LogP contribution in [0.5, 0.6) is 0 Å². The number of allylic oxidation sites excluding steroid dienone is 1. The Morgan fingerprint density at radius 2 is 2.15 bits per heavy atom. The first kappa shape index (κ1) is 22.3. The summed E-state index contributed by atoms with van der Waals surface area (Å²) in [6.07, 6.45) is 11.3. The molecule has 3 heterocycles. The molecule has 174 valence electrons. The molecular formula is C28H30N3O3+. The molecule has 1 aliphatic carbocycles. The fraction of sp³-hybridized carbons (Fsp3) is 0.321. The highest BCUT2D eigenvalue weighted by Gasteiger charge is 2.34. The summed E-state index contributed by atoms with van der Waals surface area (Å²) in [6, 6.07) is 7.83. The first-order chi connectivity index (χ1) is 16.5. The molecular weight excluding hydrogens is 426 g/mol. The summed E-state index contributed by atoms with van der Waals surface area (Å²) in [5, 5.41) is 12.8. The van der Waals surface area contributed by atoms with E-state index in [2.05, 4.69) is 6.58 Å². The molecule has 1 atom stereocenters. The second-order valence-electron chi connectivity index (χ2n) is 9.10. The van der Waals surface area contributed by atoms with Gasteiger partial charge in [0.25, 0.3) is 5.91 Å². The molecule has 5 rings (SSSR count). The second-order valence-corrected chi connectivity index (χ2v) is 9.10. The van der Waals surface area contributed by atoms with E-state index in [9.17, 15) is 9.90 Å². The number of hydrogen-bond donors (Lipinski definition) is 1. The standard InChI is InChI=1S/C28H30N3O3/c1-4-7-19-16-22(26(32)18-10-11-18)25(29-24(19)5-2)12-13-31-17-23-20(27(31)33)8-6-9-21(23)28-30(3)14-15-34-28/h4-9,14-16,18,26,32H,1,10-13,17H2,2-3H3/q+1. The molecule has 34 heavy (non-hydrogen) atoms. The van der Waals surface area contributed by atoms with Gasteiger partial charge in [-0.1, -0.05) is 30.9 Å². The van der Waals surface area contributed by atoms with Gasteiger partial charge in [-0.05, 0) is 43.9 Å². The Hall–Kier alpha value is -3.51. The zero-order valence-corrected chi connectivity index (χ0v) is 19.7. The predicted molar refractivity (Wildman–Crippen MR) is 130 cm³/mol. The van der Waals surface area contributed by atoms with E-state index in [1.54, 1.807) is 12.3 Å². The SMILES string of the molecule is C=CC=c1cc(C(O)C2CC2)c(CCN2Cc3c(cccc3-c3occ[n+]3C)C2=O)nc1=CC. The first-order valence-corrected chi connectivity index (χ1v) is 11.8. The van der Waals surface area contributed by atoms with Crippen LogP contribution in [0.3, 0.4) is 0 Å². The van der Waals surface area contributed by atoms with Crippen molar-refractivity contribution in [1.29, 1.82) is 0 Å². The van der Waals surface area contributed by atoms with Crippen molar-refractivity contribution in [3.63, 3.8) is 0 Å². The number of aliphatic hydroxyl groups excluding tert-OH is 1. The van der Waals surface area contributed by atoms with Crippen LogP contribution >= 0.6 is 0 Å². The van der Waals surface area contributed by atoms with E-state index in [0.717, 1.165) is 57.2 Å². The lowest BCUT2D eigenvalue weighted by molar-refractivity contribution is -0.662. The maximum atomic E-state index is 13.2. The molecule has 6 heteroatoms. The van der Waals surface area contributed by atoms with Crippen LogP contribution in [0.25, 0.3) is 23.6 Å². The van der Waals surface area contributed by atoms with Crippen LogP contribution in [0.15, 0.2) is 53.8 Å². The fourth-order valence-electron chi connectivity index (χ4n) is 4.82. The molecule has 0 spiro atoms. The van der Waals surface area contributed by atoms with Crippen molar-refractivity contribution in [3.8, 4) is 11.5 Å². The Morgan fingerprint density at radius 1 is 1.35 bits per heavy atom. The summed E-state index contributed by atoms with van der Waals surface area (Å²) in [6.45, 7) is 6.83. The van der Waals surface area contributed by atoms with Gasteiger partial charge in [-0.3, -0.25) is 9.78 Å². The van der Waals surface area contributed by atoms with Crippen molar-refractivity contribution < 1.29 is 18.9 Å². The maximum Gasteiger partial charge on any atom is 0.380 e. The smallest absolute Gasteiger partial charge is 0.380 e. The number of aliphatic hydroxyl groups is 1. The van der Waals surface area contributed by atoms with Crippen LogP contribution in [-0.4, -0.2) is 27.4 Å². The maximum absolute atomic E-state index is 13.2. The molecule has 2 aliphatic rings. The molecule has 1 saturated carbocycles. The van der Waals surface area contributed by atoms with E-state index in [0.29, 0.717) is 25.4 Å². The van der Waals surface area contributed by atoms with Crippen molar-refractivity contribution >= 4 is 18.1 Å². The topological polar surface area (TPSA) is 70.5 Å². The summed E-state index contributed by atoms with van der Waals surface area (Å²) in [4.78, 5) is 20.0. The lowest BCUT2D eigenvalue weighted by Crippen LogP contribution is -2.33. The van der Waals surface area contributed by atoms with E-state index < -0.39 is 6.10 Å². The molecule has 0 radical (unpaired) electrons. The minimum absolute atomic E-state index is 0.0224. The number of aryl methyl sites for hydroxylation is 1. The van der Waals surface area contributed by atoms with Gasteiger partial charge in [0, 0.05) is 47.1 Å². The van der Waals surface area contributed by atoms with Gasteiger partial charge in [0.15, 0.2) is 6.26 Å². The van der Waals surface area contributed by atoms with Crippen molar-refractivity contribution in [2.24, 2.45) is 13.0 Å². The lowest BCUT2D eigenvalue weighted by atomic mass is 10.0. The molecule has 0 bridgehead atoms. The number of pyridine rings is 1. The van der Waals surface area contributed by atoms with Gasteiger partial charge >= 0.3 is 5.89 Å². The van der Waals surface area contributed by atoms with Crippen molar-refractivity contribution in [2.45, 2.75) is 38.8 Å². The zero-order valence-electron chi connectivity index (χ0n) is 19.7. The average Bonchev–Trinajstić information content (AvgIpc) is 3.53. The Kier molecular flexibility index (Phi) is 5.92. The number of hydrogen-bond acceptors (Lipinski definition) is 4. The summed E-state index contributed by atoms with van der Waals surface area (Å²) in [5.74, 6) is 1.05. The Labute approximate surface area is 199 Å². The third-order valence-electron chi connectivity index (χ3n) is 6.83. The summed E-state index contributed by atoms with van der Waals surface area (Å²) in [7, 11) is 1.93. The van der Waals surface area contributed by atoms with Crippen molar-refractivity contribution in [3.05, 3.63) is 82.3 Å². The number of nitrogens with zero attached hydrogens (tertiary/aromatic N) is 3. The van der Waals surface area contributed by atoms with Crippen LogP contribution in [0.1, 0.15) is 53.0 Å². The van der Waals surface area contributed by atoms with Crippen LogP contribution in [-0.2, 0) is 20.0 Å². The van der Waals surface area contributed by atoms with E-state index in [-0.39, 0.29) is 5.91 Å². The largest absolute Gasteiger partial charge is 0.406 e. The number of carbonyl (C=O) groups is 1. The minimum atomic E-state index is -0.526. The second kappa shape index (κ2) is 9.03. The van der Waals surface area contributed by atoms with E-state index in [4.69, 9.17) is 9.40 Å². The molecule has 1 amide bonds. The summed E-state index contributed by atoms with van der Waals surface area (Å²) >= 11 is 0. The van der Waals surface area contributed by atoms with Gasteiger partial charge in [-0.15, -0.1) is 0 Å². The highest BCUT2D eigenvalue weighted by atomic mass is 16.3. The Bertz CT molecular complexity index is 1380. The van der Waals surface area contributed by atoms with Gasteiger partial charge < -0.3 is 14.4 Å². The number of carbonyl (C=O) groups excluding carboxylic acids is 1. The van der Waals surface area contributed by atoms with Gasteiger partial charge in [0.1, 0.15) is 7.05 Å². The molecule has 6 nitrogen and oxygen atoms in total. The number of fused-ring (bicyclic) bond motifs is 1. The third-order valence-corrected chi connectivity index (χ3v) is 6.83. The molecule has 0 saturated heterocycles. The molecule has 1 N–H and O–H groups in total. The van der Waals surface area contributed by atoms with Crippen LogP contribution in [0.2, 0.25) is 0 Å².